The third-order valence-electron chi connectivity index (χ3n) is 11.7. The number of benzene rings is 8. The lowest BCUT2D eigenvalue weighted by Crippen LogP contribution is -2.31. The summed E-state index contributed by atoms with van der Waals surface area (Å²) >= 11 is 0. The van der Waals surface area contributed by atoms with Gasteiger partial charge in [-0.25, -0.2) is 0 Å². The minimum atomic E-state index is -0.148. The molecule has 0 saturated carbocycles. The van der Waals surface area contributed by atoms with Crippen LogP contribution in [0.1, 0.15) is 61.1 Å². The van der Waals surface area contributed by atoms with Gasteiger partial charge < -0.3 is 9.80 Å². The van der Waals surface area contributed by atoms with E-state index >= 15 is 0 Å². The van der Waals surface area contributed by atoms with Gasteiger partial charge in [-0.1, -0.05) is 155 Å². The first-order valence-corrected chi connectivity index (χ1v) is 19.1. The Morgan fingerprint density at radius 2 is 0.821 bits per heavy atom. The highest BCUT2D eigenvalue weighted by molar-refractivity contribution is 6.04. The first kappa shape index (κ1) is 34.6. The van der Waals surface area contributed by atoms with Crippen molar-refractivity contribution in [1.82, 2.24) is 0 Å². The molecule has 8 aromatic rings. The van der Waals surface area contributed by atoms with E-state index in [1.807, 2.05) is 48.5 Å². The van der Waals surface area contributed by atoms with E-state index in [2.05, 4.69) is 171 Å². The van der Waals surface area contributed by atoms with Crippen LogP contribution < -0.4 is 9.80 Å². The summed E-state index contributed by atoms with van der Waals surface area (Å²) in [6.45, 7) is 9.16. The summed E-state index contributed by atoms with van der Waals surface area (Å²) in [6, 6.07) is 63.4. The van der Waals surface area contributed by atoms with E-state index in [9.17, 15) is 10.5 Å². The molecule has 268 valence electrons. The highest BCUT2D eigenvalue weighted by Crippen LogP contribution is 2.56. The first-order valence-electron chi connectivity index (χ1n) is 19.1. The van der Waals surface area contributed by atoms with E-state index < -0.39 is 0 Å². The van der Waals surface area contributed by atoms with E-state index in [1.165, 1.54) is 49.5 Å². The van der Waals surface area contributed by atoms with Gasteiger partial charge in [-0.3, -0.25) is 0 Å². The Balaban J connectivity index is 0.000000146. The minimum absolute atomic E-state index is 0.131. The molecule has 0 radical (unpaired) electrons. The van der Waals surface area contributed by atoms with Crippen molar-refractivity contribution in [2.75, 3.05) is 9.80 Å². The van der Waals surface area contributed by atoms with Crippen LogP contribution in [0.25, 0.3) is 21.5 Å². The summed E-state index contributed by atoms with van der Waals surface area (Å²) in [5, 5.41) is 24.4. The molecular weight excluding hydrogens is 681 g/mol. The van der Waals surface area contributed by atoms with Crippen molar-refractivity contribution in [2.45, 2.75) is 38.5 Å². The zero-order chi connectivity index (χ0) is 38.6. The molecule has 4 heteroatoms. The second-order valence-corrected chi connectivity index (χ2v) is 15.6. The van der Waals surface area contributed by atoms with Crippen molar-refractivity contribution < 1.29 is 0 Å². The van der Waals surface area contributed by atoms with Gasteiger partial charge in [-0.05, 0) is 80.9 Å². The molecule has 2 aliphatic heterocycles. The highest BCUT2D eigenvalue weighted by atomic mass is 15.2. The average Bonchev–Trinajstić information content (AvgIpc) is 3.24. The average molecular weight is 721 g/mol. The van der Waals surface area contributed by atoms with Crippen LogP contribution in [0.4, 0.5) is 34.1 Å². The monoisotopic (exact) mass is 720 g/mol. The lowest BCUT2D eigenvalue weighted by atomic mass is 9.71. The smallest absolute Gasteiger partial charge is 0.101 e. The molecule has 0 aliphatic carbocycles. The Bertz CT molecular complexity index is 2920. The van der Waals surface area contributed by atoms with E-state index in [4.69, 9.17) is 0 Å². The second-order valence-electron chi connectivity index (χ2n) is 15.6. The zero-order valence-electron chi connectivity index (χ0n) is 32.0. The Hall–Kier alpha value is -7.14. The molecule has 0 atom stereocenters. The molecule has 0 N–H and O–H groups in total. The van der Waals surface area contributed by atoms with Gasteiger partial charge in [0.2, 0.25) is 0 Å². The molecule has 0 bridgehead atoms. The van der Waals surface area contributed by atoms with Crippen molar-refractivity contribution in [3.05, 3.63) is 203 Å². The van der Waals surface area contributed by atoms with E-state index in [0.29, 0.717) is 11.1 Å². The maximum Gasteiger partial charge on any atom is 0.101 e. The van der Waals surface area contributed by atoms with Crippen molar-refractivity contribution in [2.24, 2.45) is 0 Å². The van der Waals surface area contributed by atoms with E-state index in [0.717, 1.165) is 28.4 Å². The van der Waals surface area contributed by atoms with Gasteiger partial charge >= 0.3 is 0 Å². The van der Waals surface area contributed by atoms with Crippen molar-refractivity contribution in [3.63, 3.8) is 0 Å². The fourth-order valence-electron chi connectivity index (χ4n) is 9.06. The Labute approximate surface area is 328 Å². The summed E-state index contributed by atoms with van der Waals surface area (Å²) in [7, 11) is 0. The number of hydrogen-bond acceptors (Lipinski definition) is 4. The Morgan fingerprint density at radius 1 is 0.375 bits per heavy atom. The summed E-state index contributed by atoms with van der Waals surface area (Å²) in [6.07, 6.45) is 0. The third kappa shape index (κ3) is 5.26. The van der Waals surface area contributed by atoms with Crippen molar-refractivity contribution >= 4 is 55.7 Å². The SMILES string of the molecule is CC1(C)c2ccccc2N(c2ccccc2C#N)c2c1ccc1ccccc21.CC1(C)c2ccccc2N(c2ccccc2C#N)c2ccc3ccccc3c21. The summed E-state index contributed by atoms with van der Waals surface area (Å²) in [5.41, 5.74) is 12.6. The molecule has 0 spiro atoms. The van der Waals surface area contributed by atoms with Crippen LogP contribution in [0.15, 0.2) is 170 Å². The van der Waals surface area contributed by atoms with Crippen LogP contribution in [0.3, 0.4) is 0 Å². The normalized spacial score (nSPS) is 14.2. The summed E-state index contributed by atoms with van der Waals surface area (Å²) in [4.78, 5) is 4.53. The van der Waals surface area contributed by atoms with Crippen molar-refractivity contribution in [1.29, 1.82) is 10.5 Å². The molecule has 2 heterocycles. The lowest BCUT2D eigenvalue weighted by Gasteiger charge is -2.43. The third-order valence-corrected chi connectivity index (χ3v) is 11.7. The van der Waals surface area contributed by atoms with Crippen LogP contribution in [-0.4, -0.2) is 0 Å². The maximum atomic E-state index is 9.78. The quantitative estimate of drug-likeness (QED) is 0.178. The molecule has 56 heavy (non-hydrogen) atoms. The number of nitriles is 2. The molecular formula is C52H40N4. The van der Waals surface area contributed by atoms with Crippen LogP contribution in [0.2, 0.25) is 0 Å². The van der Waals surface area contributed by atoms with Gasteiger partial charge in [0.15, 0.2) is 0 Å². The van der Waals surface area contributed by atoms with E-state index in [-0.39, 0.29) is 10.8 Å². The topological polar surface area (TPSA) is 54.1 Å². The Morgan fingerprint density at radius 3 is 1.45 bits per heavy atom. The number of rotatable bonds is 2. The number of hydrogen-bond donors (Lipinski definition) is 0. The predicted molar refractivity (Wildman–Crippen MR) is 231 cm³/mol. The van der Waals surface area contributed by atoms with Crippen LogP contribution in [0, 0.1) is 22.7 Å². The molecule has 0 aromatic heterocycles. The molecule has 2 aliphatic rings. The van der Waals surface area contributed by atoms with Gasteiger partial charge in [0.1, 0.15) is 12.1 Å². The maximum absolute atomic E-state index is 9.78. The molecule has 0 saturated heterocycles. The summed E-state index contributed by atoms with van der Waals surface area (Å²) in [5.74, 6) is 0. The number of para-hydroxylation sites is 4. The summed E-state index contributed by atoms with van der Waals surface area (Å²) < 4.78 is 0. The number of fused-ring (bicyclic) bond motifs is 8. The van der Waals surface area contributed by atoms with Crippen LogP contribution >= 0.6 is 0 Å². The number of anilines is 6. The van der Waals surface area contributed by atoms with Crippen molar-refractivity contribution in [3.8, 4) is 12.1 Å². The Kier molecular flexibility index (Phi) is 8.23. The first-order chi connectivity index (χ1) is 27.3. The predicted octanol–water partition coefficient (Wildman–Crippen LogP) is 13.6. The fraction of sp³-hybridized carbons (Fsp3) is 0.115. The van der Waals surface area contributed by atoms with Gasteiger partial charge in [-0.15, -0.1) is 0 Å². The minimum Gasteiger partial charge on any atom is -0.309 e. The molecule has 10 rings (SSSR count). The van der Waals surface area contributed by atoms with E-state index in [1.54, 1.807) is 0 Å². The second kappa shape index (κ2) is 13.3. The fourth-order valence-corrected chi connectivity index (χ4v) is 9.06. The highest BCUT2D eigenvalue weighted by Gasteiger charge is 2.39. The molecule has 0 unspecified atom stereocenters. The van der Waals surface area contributed by atoms with Crippen LogP contribution in [-0.2, 0) is 10.8 Å². The molecule has 0 amide bonds. The largest absolute Gasteiger partial charge is 0.309 e. The molecule has 0 fully saturated rings. The number of nitrogens with zero attached hydrogens (tertiary/aromatic N) is 4. The van der Waals surface area contributed by atoms with Gasteiger partial charge in [0.05, 0.1) is 45.3 Å². The van der Waals surface area contributed by atoms with Crippen LogP contribution in [0.5, 0.6) is 0 Å². The van der Waals surface area contributed by atoms with Gasteiger partial charge in [0, 0.05) is 16.2 Å². The standard InChI is InChI=1S/2C26H20N2/c1-26(2)21-12-6-8-14-24(21)28(23-13-7-4-10-19(23)17-27)25-20-11-5-3-9-18(20)15-16-22(25)26;1-26(2)21-12-6-8-14-23(21)28(22-13-7-4-10-19(22)17-27)24-16-15-18-9-3-5-11-20(18)25(24)26/h2*3-16H,1-2H3. The van der Waals surface area contributed by atoms with Gasteiger partial charge in [-0.2, -0.15) is 10.5 Å². The van der Waals surface area contributed by atoms with Gasteiger partial charge in [0.25, 0.3) is 0 Å². The zero-order valence-corrected chi connectivity index (χ0v) is 32.0. The lowest BCUT2D eigenvalue weighted by molar-refractivity contribution is 0.633. The molecule has 8 aromatic carbocycles. The molecule has 4 nitrogen and oxygen atoms in total.